The Morgan fingerprint density at radius 3 is 2.96 bits per heavy atom. The van der Waals surface area contributed by atoms with Crippen LogP contribution in [0.5, 0.6) is 5.75 Å². The molecule has 0 spiro atoms. The molecule has 3 saturated heterocycles. The van der Waals surface area contributed by atoms with Crippen LogP contribution in [0.25, 0.3) is 10.9 Å². The van der Waals surface area contributed by atoms with Crippen LogP contribution in [0, 0.1) is 11.8 Å². The van der Waals surface area contributed by atoms with E-state index >= 15 is 0 Å². The summed E-state index contributed by atoms with van der Waals surface area (Å²) in [5.74, 6) is 2.44. The number of benzene rings is 1. The number of piperidine rings is 3. The summed E-state index contributed by atoms with van der Waals surface area (Å²) in [6.07, 6.45) is 5.11. The summed E-state index contributed by atoms with van der Waals surface area (Å²) in [6.45, 7) is 4.73. The lowest BCUT2D eigenvalue weighted by molar-refractivity contribution is -0.950. The zero-order valence-corrected chi connectivity index (χ0v) is 14.5. The number of fused-ring (bicyclic) bond motifs is 4. The minimum absolute atomic E-state index is 0.309. The maximum Gasteiger partial charge on any atom is 0.131 e. The summed E-state index contributed by atoms with van der Waals surface area (Å²) in [4.78, 5) is 6.03. The zero-order chi connectivity index (χ0) is 16.7. The highest BCUT2D eigenvalue weighted by molar-refractivity contribution is 5.83. The number of pyridine rings is 1. The monoisotopic (exact) mass is 327 g/mol. The van der Waals surface area contributed by atoms with Crippen LogP contribution in [-0.2, 0) is 0 Å². The molecular formula is C20H27N2O2+. The van der Waals surface area contributed by atoms with Crippen LogP contribution in [0.3, 0.4) is 0 Å². The van der Waals surface area contributed by atoms with E-state index in [0.29, 0.717) is 6.04 Å². The maximum absolute atomic E-state index is 11.2. The second-order valence-electron chi connectivity index (χ2n) is 7.40. The molecule has 0 aliphatic carbocycles. The first kappa shape index (κ1) is 15.9. The minimum Gasteiger partial charge on any atom is -0.497 e. The summed E-state index contributed by atoms with van der Waals surface area (Å²) in [6, 6.07) is 8.18. The van der Waals surface area contributed by atoms with Crippen LogP contribution in [0.2, 0.25) is 0 Å². The van der Waals surface area contributed by atoms with Crippen LogP contribution in [-0.4, -0.2) is 36.3 Å². The lowest BCUT2D eigenvalue weighted by atomic mass is 9.72. The predicted molar refractivity (Wildman–Crippen MR) is 94.2 cm³/mol. The van der Waals surface area contributed by atoms with Gasteiger partial charge in [0.25, 0.3) is 0 Å². The molecule has 2 aromatic rings. The topological polar surface area (TPSA) is 46.8 Å². The zero-order valence-electron chi connectivity index (χ0n) is 14.5. The molecule has 0 radical (unpaired) electrons. The Bertz CT molecular complexity index is 733. The molecule has 2 N–H and O–H groups in total. The Morgan fingerprint density at radius 2 is 2.25 bits per heavy atom. The van der Waals surface area contributed by atoms with E-state index in [2.05, 4.69) is 11.9 Å². The fourth-order valence-electron chi connectivity index (χ4n) is 4.93. The quantitative estimate of drug-likeness (QED) is 0.903. The predicted octanol–water partition coefficient (Wildman–Crippen LogP) is 1.98. The van der Waals surface area contributed by atoms with Crippen molar-refractivity contribution in [1.82, 2.24) is 4.98 Å². The summed E-state index contributed by atoms with van der Waals surface area (Å²) in [5, 5.41) is 12.2. The average Bonchev–Trinajstić information content (AvgIpc) is 2.66. The SMILES string of the molecule is CC[C@@H]1C[NH+]2CC[C@H]1C[C@H]2[C@H](O)c1ccnc2ccc(OC)cc12. The summed E-state index contributed by atoms with van der Waals surface area (Å²) in [7, 11) is 1.68. The van der Waals surface area contributed by atoms with E-state index in [1.165, 1.54) is 25.9 Å². The third-order valence-corrected chi connectivity index (χ3v) is 6.31. The van der Waals surface area contributed by atoms with Gasteiger partial charge in [0.15, 0.2) is 0 Å². The Morgan fingerprint density at radius 1 is 1.38 bits per heavy atom. The average molecular weight is 327 g/mol. The van der Waals surface area contributed by atoms with Gasteiger partial charge in [-0.15, -0.1) is 0 Å². The van der Waals surface area contributed by atoms with E-state index in [1.807, 2.05) is 30.5 Å². The van der Waals surface area contributed by atoms with Crippen molar-refractivity contribution in [2.45, 2.75) is 38.3 Å². The van der Waals surface area contributed by atoms with Gasteiger partial charge in [0.1, 0.15) is 17.9 Å². The highest BCUT2D eigenvalue weighted by atomic mass is 16.5. The molecule has 1 aromatic carbocycles. The smallest absolute Gasteiger partial charge is 0.131 e. The largest absolute Gasteiger partial charge is 0.497 e. The van der Waals surface area contributed by atoms with E-state index < -0.39 is 6.10 Å². The molecule has 5 rings (SSSR count). The number of methoxy groups -OCH3 is 1. The third kappa shape index (κ3) is 2.58. The first-order chi connectivity index (χ1) is 11.7. The number of nitrogens with zero attached hydrogens (tertiary/aromatic N) is 1. The van der Waals surface area contributed by atoms with Gasteiger partial charge in [0.2, 0.25) is 0 Å². The lowest BCUT2D eigenvalue weighted by Crippen LogP contribution is -3.20. The van der Waals surface area contributed by atoms with Gasteiger partial charge >= 0.3 is 0 Å². The van der Waals surface area contributed by atoms with Crippen LogP contribution in [0.1, 0.15) is 37.9 Å². The number of hydrogen-bond donors (Lipinski definition) is 2. The van der Waals surface area contributed by atoms with Gasteiger partial charge < -0.3 is 14.7 Å². The molecule has 4 nitrogen and oxygen atoms in total. The maximum atomic E-state index is 11.2. The molecule has 0 saturated carbocycles. The van der Waals surface area contributed by atoms with Gasteiger partial charge in [-0.05, 0) is 42.2 Å². The van der Waals surface area contributed by atoms with Crippen molar-refractivity contribution in [3.8, 4) is 5.75 Å². The molecule has 24 heavy (non-hydrogen) atoms. The van der Waals surface area contributed by atoms with Gasteiger partial charge in [-0.25, -0.2) is 0 Å². The van der Waals surface area contributed by atoms with Crippen LogP contribution in [0.4, 0.5) is 0 Å². The highest BCUT2D eigenvalue weighted by Crippen LogP contribution is 2.35. The van der Waals surface area contributed by atoms with Gasteiger partial charge in [-0.2, -0.15) is 0 Å². The fourth-order valence-corrected chi connectivity index (χ4v) is 4.93. The highest BCUT2D eigenvalue weighted by Gasteiger charge is 2.46. The Balaban J connectivity index is 1.68. The number of rotatable bonds is 4. The number of quaternary nitrogens is 1. The standard InChI is InChI=1S/C20H26N2O2/c1-3-13-12-22-9-7-14(13)10-19(22)20(23)16-6-8-21-18-5-4-15(24-2)11-17(16)18/h4-6,8,11,13-14,19-20,23H,3,7,9-10,12H2,1-2H3/p+1/t13-,14+,19+,20-/m1/s1. The third-order valence-electron chi connectivity index (χ3n) is 6.31. The van der Waals surface area contributed by atoms with E-state index in [0.717, 1.165) is 40.5 Å². The van der Waals surface area contributed by atoms with E-state index in [9.17, 15) is 5.11 Å². The molecule has 2 bridgehead atoms. The minimum atomic E-state index is -0.432. The van der Waals surface area contributed by atoms with Gasteiger partial charge in [0, 0.05) is 30.3 Å². The van der Waals surface area contributed by atoms with Crippen LogP contribution >= 0.6 is 0 Å². The molecular weight excluding hydrogens is 300 g/mol. The first-order valence-electron chi connectivity index (χ1n) is 9.16. The molecule has 0 amide bonds. The molecule has 1 unspecified atom stereocenters. The Kier molecular flexibility index (Phi) is 4.19. The first-order valence-corrected chi connectivity index (χ1v) is 9.16. The number of aliphatic hydroxyl groups excluding tert-OH is 1. The molecule has 3 aliphatic heterocycles. The lowest BCUT2D eigenvalue weighted by Gasteiger charge is -2.48. The van der Waals surface area contributed by atoms with Crippen LogP contribution < -0.4 is 9.64 Å². The van der Waals surface area contributed by atoms with Gasteiger partial charge in [-0.3, -0.25) is 4.98 Å². The fraction of sp³-hybridized carbons (Fsp3) is 0.550. The molecule has 4 heteroatoms. The molecule has 3 fully saturated rings. The molecule has 4 heterocycles. The second-order valence-corrected chi connectivity index (χ2v) is 7.40. The molecule has 5 atom stereocenters. The van der Waals surface area contributed by atoms with Crippen molar-refractivity contribution in [3.05, 3.63) is 36.0 Å². The molecule has 1 aromatic heterocycles. The van der Waals surface area contributed by atoms with Crippen molar-refractivity contribution in [2.75, 3.05) is 20.2 Å². The second kappa shape index (κ2) is 6.34. The van der Waals surface area contributed by atoms with Gasteiger partial charge in [-0.1, -0.05) is 6.92 Å². The molecule has 3 aliphatic rings. The summed E-state index contributed by atoms with van der Waals surface area (Å²) in [5.41, 5.74) is 1.92. The van der Waals surface area contributed by atoms with E-state index in [1.54, 1.807) is 12.0 Å². The van der Waals surface area contributed by atoms with E-state index in [4.69, 9.17) is 4.74 Å². The number of nitrogens with one attached hydrogen (secondary N) is 1. The number of aromatic nitrogens is 1. The van der Waals surface area contributed by atoms with Crippen LogP contribution in [0.15, 0.2) is 30.5 Å². The number of hydrogen-bond acceptors (Lipinski definition) is 3. The van der Waals surface area contributed by atoms with Crippen molar-refractivity contribution in [2.24, 2.45) is 11.8 Å². The summed E-state index contributed by atoms with van der Waals surface area (Å²) < 4.78 is 5.37. The van der Waals surface area contributed by atoms with Crippen molar-refractivity contribution in [1.29, 1.82) is 0 Å². The normalized spacial score (nSPS) is 30.5. The van der Waals surface area contributed by atoms with Crippen molar-refractivity contribution < 1.29 is 14.7 Å². The van der Waals surface area contributed by atoms with E-state index in [-0.39, 0.29) is 0 Å². The van der Waals surface area contributed by atoms with Gasteiger partial charge in [0.05, 0.1) is 25.7 Å². The molecule has 128 valence electrons. The van der Waals surface area contributed by atoms with Crippen molar-refractivity contribution in [3.63, 3.8) is 0 Å². The Labute approximate surface area is 143 Å². The van der Waals surface area contributed by atoms with Crippen molar-refractivity contribution >= 4 is 10.9 Å². The summed E-state index contributed by atoms with van der Waals surface area (Å²) >= 11 is 0. The Hall–Kier alpha value is -1.65. The number of aliphatic hydroxyl groups is 1. The number of ether oxygens (including phenoxy) is 1.